The minimum atomic E-state index is -0.890. The van der Waals surface area contributed by atoms with E-state index in [1.165, 1.54) is 20.3 Å². The summed E-state index contributed by atoms with van der Waals surface area (Å²) in [5.41, 5.74) is 1.13. The van der Waals surface area contributed by atoms with E-state index in [2.05, 4.69) is 0 Å². The van der Waals surface area contributed by atoms with Gasteiger partial charge in [-0.3, -0.25) is 10.1 Å². The Labute approximate surface area is 150 Å². The average Bonchev–Trinajstić information content (AvgIpc) is 2.66. The van der Waals surface area contributed by atoms with Crippen LogP contribution in [-0.2, 0) is 0 Å². The molecule has 7 heteroatoms. The zero-order valence-electron chi connectivity index (χ0n) is 14.7. The van der Waals surface area contributed by atoms with Crippen LogP contribution < -0.4 is 18.9 Å². The van der Waals surface area contributed by atoms with Crippen molar-refractivity contribution in [3.63, 3.8) is 0 Å². The van der Waals surface area contributed by atoms with Gasteiger partial charge in [0.1, 0.15) is 0 Å². The Hall–Kier alpha value is -3.22. The van der Waals surface area contributed by atoms with E-state index in [0.717, 1.165) is 0 Å². The minimum Gasteiger partial charge on any atom is -0.493 e. The van der Waals surface area contributed by atoms with E-state index in [9.17, 15) is 10.1 Å². The molecule has 0 amide bonds. The summed E-state index contributed by atoms with van der Waals surface area (Å²) in [5, 5.41) is 11.6. The summed E-state index contributed by atoms with van der Waals surface area (Å²) < 4.78 is 22.1. The Bertz CT molecular complexity index is 861. The molecule has 1 atom stereocenters. The zero-order chi connectivity index (χ0) is 18.7. The van der Waals surface area contributed by atoms with Gasteiger partial charge < -0.3 is 18.9 Å². The number of benzene rings is 2. The number of hydrogen-bond acceptors (Lipinski definition) is 6. The van der Waals surface area contributed by atoms with Crippen LogP contribution in [0.4, 0.5) is 0 Å². The van der Waals surface area contributed by atoms with Crippen LogP contribution >= 0.6 is 0 Å². The number of rotatable bonds is 6. The van der Waals surface area contributed by atoms with Crippen LogP contribution in [0.5, 0.6) is 23.0 Å². The zero-order valence-corrected chi connectivity index (χ0v) is 14.7. The van der Waals surface area contributed by atoms with Crippen molar-refractivity contribution in [3.8, 4) is 23.0 Å². The number of nitrogens with zero attached hydrogens (tertiary/aromatic N) is 1. The first kappa shape index (κ1) is 17.6. The summed E-state index contributed by atoms with van der Waals surface area (Å²) in [6, 6.07) is 10.4. The Morgan fingerprint density at radius 1 is 1.12 bits per heavy atom. The average molecular weight is 357 g/mol. The van der Waals surface area contributed by atoms with Crippen molar-refractivity contribution in [2.45, 2.75) is 13.0 Å². The van der Waals surface area contributed by atoms with Gasteiger partial charge in [0.15, 0.2) is 23.0 Å². The molecule has 0 saturated heterocycles. The van der Waals surface area contributed by atoms with Gasteiger partial charge in [-0.25, -0.2) is 0 Å². The van der Waals surface area contributed by atoms with E-state index in [1.54, 1.807) is 36.4 Å². The fourth-order valence-corrected chi connectivity index (χ4v) is 2.86. The normalized spacial score (nSPS) is 15.3. The first-order valence-electron chi connectivity index (χ1n) is 8.09. The molecule has 0 N–H and O–H groups in total. The van der Waals surface area contributed by atoms with Gasteiger partial charge in [-0.1, -0.05) is 18.2 Å². The molecular weight excluding hydrogens is 338 g/mol. The topological polar surface area (TPSA) is 80.1 Å². The van der Waals surface area contributed by atoms with E-state index in [4.69, 9.17) is 18.9 Å². The lowest BCUT2D eigenvalue weighted by molar-refractivity contribution is -0.434. The van der Waals surface area contributed by atoms with Crippen molar-refractivity contribution >= 4 is 6.08 Å². The molecular formula is C19H19NO6. The fourth-order valence-electron chi connectivity index (χ4n) is 2.86. The van der Waals surface area contributed by atoms with Gasteiger partial charge in [-0.05, 0) is 25.1 Å². The summed E-state index contributed by atoms with van der Waals surface area (Å²) in [4.78, 5) is 11.2. The smallest absolute Gasteiger partial charge is 0.291 e. The van der Waals surface area contributed by atoms with Crippen LogP contribution in [-0.4, -0.2) is 25.7 Å². The van der Waals surface area contributed by atoms with Crippen LogP contribution in [0.25, 0.3) is 6.08 Å². The van der Waals surface area contributed by atoms with Gasteiger partial charge in [-0.15, -0.1) is 0 Å². The van der Waals surface area contributed by atoms with E-state index in [0.29, 0.717) is 40.7 Å². The molecule has 0 radical (unpaired) electrons. The molecule has 1 aliphatic heterocycles. The highest BCUT2D eigenvalue weighted by Gasteiger charge is 2.35. The molecule has 7 nitrogen and oxygen atoms in total. The molecule has 3 rings (SSSR count). The third-order valence-corrected chi connectivity index (χ3v) is 4.04. The van der Waals surface area contributed by atoms with Crippen molar-refractivity contribution < 1.29 is 23.9 Å². The Morgan fingerprint density at radius 2 is 1.88 bits per heavy atom. The highest BCUT2D eigenvalue weighted by molar-refractivity contribution is 5.66. The summed E-state index contributed by atoms with van der Waals surface area (Å²) in [6.45, 7) is 2.36. The standard InChI is InChI=1S/C19H19NO6/c1-4-25-15-9-8-13(11-17(15)24-3)18-14(20(21)22)10-12-6-5-7-16(23-2)19(12)26-18/h5-11,18H,4H2,1-3H3/t18-/m0/s1. The van der Waals surface area contributed by atoms with Gasteiger partial charge in [-0.2, -0.15) is 0 Å². The molecule has 0 aliphatic carbocycles. The molecule has 0 saturated carbocycles. The summed E-state index contributed by atoms with van der Waals surface area (Å²) >= 11 is 0. The molecule has 0 spiro atoms. The predicted molar refractivity (Wildman–Crippen MR) is 95.5 cm³/mol. The van der Waals surface area contributed by atoms with Crippen molar-refractivity contribution in [1.29, 1.82) is 0 Å². The molecule has 2 aromatic rings. The second-order valence-electron chi connectivity index (χ2n) is 5.55. The van der Waals surface area contributed by atoms with Crippen LogP contribution in [0.15, 0.2) is 42.1 Å². The number of nitro groups is 1. The first-order chi connectivity index (χ1) is 12.6. The van der Waals surface area contributed by atoms with Gasteiger partial charge in [0, 0.05) is 17.2 Å². The van der Waals surface area contributed by atoms with Crippen molar-refractivity contribution in [3.05, 3.63) is 63.3 Å². The van der Waals surface area contributed by atoms with Crippen LogP contribution in [0, 0.1) is 10.1 Å². The highest BCUT2D eigenvalue weighted by Crippen LogP contribution is 2.44. The van der Waals surface area contributed by atoms with E-state index in [1.807, 2.05) is 6.92 Å². The lowest BCUT2D eigenvalue weighted by Gasteiger charge is -2.24. The molecule has 0 fully saturated rings. The molecule has 1 heterocycles. The lowest BCUT2D eigenvalue weighted by atomic mass is 10.0. The van der Waals surface area contributed by atoms with Gasteiger partial charge in [0.2, 0.25) is 6.10 Å². The van der Waals surface area contributed by atoms with Gasteiger partial charge >= 0.3 is 0 Å². The maximum atomic E-state index is 11.6. The largest absolute Gasteiger partial charge is 0.493 e. The molecule has 1 aliphatic rings. The molecule has 2 aromatic carbocycles. The SMILES string of the molecule is CCOc1ccc([C@@H]2Oc3c(cccc3OC)C=C2[N+](=O)[O-])cc1OC. The van der Waals surface area contributed by atoms with Crippen LogP contribution in [0.1, 0.15) is 24.2 Å². The highest BCUT2D eigenvalue weighted by atomic mass is 16.6. The second kappa shape index (κ2) is 7.35. The molecule has 0 unspecified atom stereocenters. The minimum absolute atomic E-state index is 0.0584. The molecule has 136 valence electrons. The van der Waals surface area contributed by atoms with Gasteiger partial charge in [0.25, 0.3) is 5.70 Å². The first-order valence-corrected chi connectivity index (χ1v) is 8.09. The maximum absolute atomic E-state index is 11.6. The molecule has 0 aromatic heterocycles. The quantitative estimate of drug-likeness (QED) is 0.577. The summed E-state index contributed by atoms with van der Waals surface area (Å²) in [5.74, 6) is 2.04. The lowest BCUT2D eigenvalue weighted by Crippen LogP contribution is -2.20. The fraction of sp³-hybridized carbons (Fsp3) is 0.263. The summed E-state index contributed by atoms with van der Waals surface area (Å²) in [7, 11) is 3.05. The monoisotopic (exact) mass is 357 g/mol. The number of hydrogen-bond donors (Lipinski definition) is 0. The van der Waals surface area contributed by atoms with Crippen LogP contribution in [0.2, 0.25) is 0 Å². The van der Waals surface area contributed by atoms with E-state index < -0.39 is 11.0 Å². The molecule has 0 bridgehead atoms. The van der Waals surface area contributed by atoms with E-state index in [-0.39, 0.29) is 5.70 Å². The number of methoxy groups -OCH3 is 2. The van der Waals surface area contributed by atoms with Gasteiger partial charge in [0.05, 0.1) is 25.7 Å². The van der Waals surface area contributed by atoms with Crippen molar-refractivity contribution in [2.24, 2.45) is 0 Å². The van der Waals surface area contributed by atoms with Crippen LogP contribution in [0.3, 0.4) is 0 Å². The maximum Gasteiger partial charge on any atom is 0.291 e. The number of fused-ring (bicyclic) bond motifs is 1. The second-order valence-corrected chi connectivity index (χ2v) is 5.55. The Morgan fingerprint density at radius 3 is 2.54 bits per heavy atom. The third kappa shape index (κ3) is 3.15. The number of ether oxygens (including phenoxy) is 4. The Kier molecular flexibility index (Phi) is 4.97. The van der Waals surface area contributed by atoms with Crippen molar-refractivity contribution in [2.75, 3.05) is 20.8 Å². The summed E-state index contributed by atoms with van der Waals surface area (Å²) in [6.07, 6.45) is 0.618. The Balaban J connectivity index is 2.08. The van der Waals surface area contributed by atoms with Crippen molar-refractivity contribution in [1.82, 2.24) is 0 Å². The number of para-hydroxylation sites is 1. The predicted octanol–water partition coefficient (Wildman–Crippen LogP) is 3.85. The third-order valence-electron chi connectivity index (χ3n) is 4.04. The van der Waals surface area contributed by atoms with E-state index >= 15 is 0 Å². The molecule has 26 heavy (non-hydrogen) atoms.